The molecule has 0 unspecified atom stereocenters. The van der Waals surface area contributed by atoms with Crippen LogP contribution >= 0.6 is 0 Å². The first-order valence-electron chi connectivity index (χ1n) is 9.26. The van der Waals surface area contributed by atoms with Crippen molar-refractivity contribution in [2.75, 3.05) is 33.0 Å². The molecule has 27 heavy (non-hydrogen) atoms. The molecule has 2 aromatic rings. The third-order valence-electron chi connectivity index (χ3n) is 5.35. The van der Waals surface area contributed by atoms with Gasteiger partial charge in [0.1, 0.15) is 12.0 Å². The summed E-state index contributed by atoms with van der Waals surface area (Å²) in [5, 5.41) is 0. The third-order valence-corrected chi connectivity index (χ3v) is 5.35. The molecule has 0 N–H and O–H groups in total. The van der Waals surface area contributed by atoms with Gasteiger partial charge in [-0.2, -0.15) is 0 Å². The maximum Gasteiger partial charge on any atom is 0.275 e. The summed E-state index contributed by atoms with van der Waals surface area (Å²) in [6, 6.07) is 5.84. The molecule has 2 saturated heterocycles. The van der Waals surface area contributed by atoms with E-state index < -0.39 is 0 Å². The van der Waals surface area contributed by atoms with E-state index in [1.165, 1.54) is 12.7 Å². The van der Waals surface area contributed by atoms with Gasteiger partial charge in [-0.15, -0.1) is 0 Å². The lowest BCUT2D eigenvalue weighted by atomic mass is 10.1. The number of carbonyl (C=O) groups is 1. The number of amides is 1. The van der Waals surface area contributed by atoms with E-state index in [1.54, 1.807) is 18.2 Å². The molecule has 142 valence electrons. The lowest BCUT2D eigenvalue weighted by molar-refractivity contribution is 0.0565. The molecule has 1 aromatic heterocycles. The van der Waals surface area contributed by atoms with Crippen molar-refractivity contribution in [1.82, 2.24) is 14.8 Å². The Balaban J connectivity index is 1.20. The topological polar surface area (TPSA) is 77.3 Å². The molecule has 3 aliphatic rings. The Morgan fingerprint density at radius 2 is 2.15 bits per heavy atom. The SMILES string of the molecule is O=C(c1coc(COc2ccc3c(c2)OCO3)n1)N1CCN2CCC[C@H]2C1. The van der Waals surface area contributed by atoms with E-state index in [1.807, 2.05) is 4.90 Å². The van der Waals surface area contributed by atoms with Crippen molar-refractivity contribution in [2.24, 2.45) is 0 Å². The number of piperazine rings is 1. The van der Waals surface area contributed by atoms with Crippen molar-refractivity contribution in [2.45, 2.75) is 25.5 Å². The van der Waals surface area contributed by atoms with Crippen molar-refractivity contribution >= 4 is 5.91 Å². The number of oxazole rings is 1. The van der Waals surface area contributed by atoms with Gasteiger partial charge in [-0.25, -0.2) is 4.98 Å². The van der Waals surface area contributed by atoms with E-state index in [4.69, 9.17) is 18.6 Å². The predicted molar refractivity (Wildman–Crippen MR) is 93.9 cm³/mol. The molecular formula is C19H21N3O5. The summed E-state index contributed by atoms with van der Waals surface area (Å²) in [7, 11) is 0. The lowest BCUT2D eigenvalue weighted by Gasteiger charge is -2.37. The fourth-order valence-corrected chi connectivity index (χ4v) is 3.92. The van der Waals surface area contributed by atoms with Crippen molar-refractivity contribution in [1.29, 1.82) is 0 Å². The number of hydrogen-bond acceptors (Lipinski definition) is 7. The molecule has 8 nitrogen and oxygen atoms in total. The van der Waals surface area contributed by atoms with E-state index >= 15 is 0 Å². The van der Waals surface area contributed by atoms with Crippen LogP contribution in [0.1, 0.15) is 29.2 Å². The van der Waals surface area contributed by atoms with Crippen molar-refractivity contribution in [3.8, 4) is 17.2 Å². The third kappa shape index (κ3) is 3.21. The molecule has 3 aliphatic heterocycles. The smallest absolute Gasteiger partial charge is 0.275 e. The van der Waals surface area contributed by atoms with Gasteiger partial charge < -0.3 is 23.5 Å². The minimum atomic E-state index is -0.0698. The normalized spacial score (nSPS) is 21.3. The Kier molecular flexibility index (Phi) is 4.12. The van der Waals surface area contributed by atoms with E-state index in [-0.39, 0.29) is 19.3 Å². The average molecular weight is 371 g/mol. The molecular weight excluding hydrogens is 350 g/mol. The van der Waals surface area contributed by atoms with E-state index in [9.17, 15) is 4.79 Å². The molecule has 1 atom stereocenters. The number of aromatic nitrogens is 1. The number of hydrogen-bond donors (Lipinski definition) is 0. The summed E-state index contributed by atoms with van der Waals surface area (Å²) < 4.78 is 21.7. The Bertz CT molecular complexity index is 852. The summed E-state index contributed by atoms with van der Waals surface area (Å²) >= 11 is 0. The van der Waals surface area contributed by atoms with Crippen molar-refractivity contribution < 1.29 is 23.4 Å². The number of carbonyl (C=O) groups excluding carboxylic acids is 1. The summed E-state index contributed by atoms with van der Waals surface area (Å²) in [5.41, 5.74) is 0.339. The van der Waals surface area contributed by atoms with Crippen molar-refractivity contribution in [3.63, 3.8) is 0 Å². The first-order chi connectivity index (χ1) is 13.3. The van der Waals surface area contributed by atoms with Crippen LogP contribution in [0.5, 0.6) is 17.2 Å². The molecule has 0 bridgehead atoms. The second-order valence-electron chi connectivity index (χ2n) is 7.01. The molecule has 0 radical (unpaired) electrons. The van der Waals surface area contributed by atoms with Crippen LogP contribution in [-0.4, -0.2) is 59.7 Å². The van der Waals surface area contributed by atoms with Gasteiger partial charge in [0.15, 0.2) is 23.8 Å². The molecule has 1 amide bonds. The number of fused-ring (bicyclic) bond motifs is 2. The van der Waals surface area contributed by atoms with Crippen LogP contribution in [0.4, 0.5) is 0 Å². The summed E-state index contributed by atoms with van der Waals surface area (Å²) in [5.74, 6) is 2.29. The van der Waals surface area contributed by atoms with E-state index in [2.05, 4.69) is 9.88 Å². The largest absolute Gasteiger partial charge is 0.484 e. The highest BCUT2D eigenvalue weighted by atomic mass is 16.7. The monoisotopic (exact) mass is 371 g/mol. The first kappa shape index (κ1) is 16.4. The number of ether oxygens (including phenoxy) is 3. The second kappa shape index (κ2) is 6.77. The molecule has 5 rings (SSSR count). The zero-order chi connectivity index (χ0) is 18.2. The highest BCUT2D eigenvalue weighted by Gasteiger charge is 2.33. The van der Waals surface area contributed by atoms with Gasteiger partial charge in [-0.1, -0.05) is 0 Å². The molecule has 4 heterocycles. The second-order valence-corrected chi connectivity index (χ2v) is 7.01. The van der Waals surface area contributed by atoms with Gasteiger partial charge in [0, 0.05) is 31.7 Å². The fraction of sp³-hybridized carbons (Fsp3) is 0.474. The first-order valence-corrected chi connectivity index (χ1v) is 9.26. The highest BCUT2D eigenvalue weighted by molar-refractivity contribution is 5.92. The van der Waals surface area contributed by atoms with Gasteiger partial charge in [-0.05, 0) is 31.5 Å². The summed E-state index contributed by atoms with van der Waals surface area (Å²) in [6.07, 6.45) is 3.80. The number of rotatable bonds is 4. The van der Waals surface area contributed by atoms with E-state index in [0.717, 1.165) is 32.6 Å². The minimum absolute atomic E-state index is 0.0698. The van der Waals surface area contributed by atoms with Crippen molar-refractivity contribution in [3.05, 3.63) is 36.0 Å². The van der Waals surface area contributed by atoms with Crippen LogP contribution in [0, 0.1) is 0 Å². The van der Waals surface area contributed by atoms with Crippen LogP contribution in [0.15, 0.2) is 28.9 Å². The molecule has 1 aromatic carbocycles. The molecule has 8 heteroatoms. The van der Waals surface area contributed by atoms with E-state index in [0.29, 0.717) is 34.9 Å². The van der Waals surface area contributed by atoms with Gasteiger partial charge >= 0.3 is 0 Å². The van der Waals surface area contributed by atoms with Crippen LogP contribution in [0.25, 0.3) is 0 Å². The average Bonchev–Trinajstić information content (AvgIpc) is 3.44. The predicted octanol–water partition coefficient (Wildman–Crippen LogP) is 1.90. The fourth-order valence-electron chi connectivity index (χ4n) is 3.92. The molecule has 0 spiro atoms. The number of benzene rings is 1. The van der Waals surface area contributed by atoms with Crippen LogP contribution in [-0.2, 0) is 6.61 Å². The van der Waals surface area contributed by atoms with Crippen LogP contribution < -0.4 is 14.2 Å². The standard InChI is InChI=1S/C19H21N3O5/c23-19(22-7-6-21-5-1-2-13(21)9-22)15-10-25-18(20-15)11-24-14-3-4-16-17(8-14)27-12-26-16/h3-4,8,10,13H,1-2,5-7,9,11-12H2/t13-/m0/s1. The van der Waals surface area contributed by atoms with Gasteiger partial charge in [0.25, 0.3) is 5.91 Å². The number of nitrogens with zero attached hydrogens (tertiary/aromatic N) is 3. The highest BCUT2D eigenvalue weighted by Crippen LogP contribution is 2.35. The van der Waals surface area contributed by atoms with Crippen LogP contribution in [0.2, 0.25) is 0 Å². The van der Waals surface area contributed by atoms with Gasteiger partial charge in [0.2, 0.25) is 12.7 Å². The Labute approximate surface area is 156 Å². The summed E-state index contributed by atoms with van der Waals surface area (Å²) in [4.78, 5) is 21.4. The molecule has 0 saturated carbocycles. The van der Waals surface area contributed by atoms with Gasteiger partial charge in [0.05, 0.1) is 0 Å². The lowest BCUT2D eigenvalue weighted by Crippen LogP contribution is -2.52. The minimum Gasteiger partial charge on any atom is -0.484 e. The molecule has 0 aliphatic carbocycles. The van der Waals surface area contributed by atoms with Crippen LogP contribution in [0.3, 0.4) is 0 Å². The Hall–Kier alpha value is -2.74. The summed E-state index contributed by atoms with van der Waals surface area (Å²) in [6.45, 7) is 3.97. The zero-order valence-electron chi connectivity index (χ0n) is 14.9. The van der Waals surface area contributed by atoms with Gasteiger partial charge in [-0.3, -0.25) is 9.69 Å². The Morgan fingerprint density at radius 3 is 3.11 bits per heavy atom. The molecule has 2 fully saturated rings. The zero-order valence-corrected chi connectivity index (χ0v) is 14.9. The maximum atomic E-state index is 12.7. The quantitative estimate of drug-likeness (QED) is 0.812. The Morgan fingerprint density at radius 1 is 1.22 bits per heavy atom. The maximum absolute atomic E-state index is 12.7.